The van der Waals surface area contributed by atoms with Gasteiger partial charge in [0.25, 0.3) is 10.1 Å². The van der Waals surface area contributed by atoms with Crippen LogP contribution in [-0.4, -0.2) is 31.4 Å². The van der Waals surface area contributed by atoms with E-state index in [-0.39, 0.29) is 12.2 Å². The fourth-order valence-corrected chi connectivity index (χ4v) is 3.49. The molecule has 1 atom stereocenters. The van der Waals surface area contributed by atoms with Crippen LogP contribution in [0.2, 0.25) is 0 Å². The van der Waals surface area contributed by atoms with E-state index in [0.29, 0.717) is 12.8 Å². The molecular formula is C16H32O5S. The highest BCUT2D eigenvalue weighted by Gasteiger charge is 2.24. The van der Waals surface area contributed by atoms with Crippen LogP contribution in [0, 0.1) is 0 Å². The molecule has 132 valence electrons. The summed E-state index contributed by atoms with van der Waals surface area (Å²) in [4.78, 5) is 11.1. The van der Waals surface area contributed by atoms with Crippen molar-refractivity contribution in [1.29, 1.82) is 0 Å². The Bertz CT molecular complexity index is 378. The molecule has 0 saturated carbocycles. The van der Waals surface area contributed by atoms with Gasteiger partial charge in [-0.1, -0.05) is 71.6 Å². The quantitative estimate of drug-likeness (QED) is 0.359. The predicted octanol–water partition coefficient (Wildman–Crippen LogP) is 4.12. The van der Waals surface area contributed by atoms with Crippen molar-refractivity contribution in [3.8, 4) is 0 Å². The summed E-state index contributed by atoms with van der Waals surface area (Å²) in [5, 5.41) is 9.07. The first-order valence-electron chi connectivity index (χ1n) is 8.56. The molecule has 0 radical (unpaired) electrons. The molecule has 0 fully saturated rings. The third-order valence-electron chi connectivity index (χ3n) is 3.61. The highest BCUT2D eigenvalue weighted by molar-refractivity contribution is 7.86. The van der Waals surface area contributed by atoms with Crippen molar-refractivity contribution >= 4 is 16.1 Å². The highest BCUT2D eigenvalue weighted by atomic mass is 32.2. The maximum atomic E-state index is 11.7. The molecule has 22 heavy (non-hydrogen) atoms. The van der Waals surface area contributed by atoms with Crippen molar-refractivity contribution in [3.63, 3.8) is 0 Å². The zero-order valence-corrected chi connectivity index (χ0v) is 14.9. The maximum absolute atomic E-state index is 11.7. The van der Waals surface area contributed by atoms with Crippen molar-refractivity contribution in [2.75, 3.05) is 5.75 Å². The first-order chi connectivity index (χ1) is 10.4. The normalized spacial score (nSPS) is 13.2. The average Bonchev–Trinajstić information content (AvgIpc) is 2.46. The van der Waals surface area contributed by atoms with E-state index in [9.17, 15) is 13.2 Å². The molecule has 0 saturated heterocycles. The Morgan fingerprint density at radius 3 is 1.91 bits per heavy atom. The van der Waals surface area contributed by atoms with Gasteiger partial charge in [-0.2, -0.15) is 8.42 Å². The minimum Gasteiger partial charge on any atom is -0.479 e. The molecule has 0 aromatic heterocycles. The average molecular weight is 336 g/mol. The van der Waals surface area contributed by atoms with Gasteiger partial charge in [0.1, 0.15) is 0 Å². The van der Waals surface area contributed by atoms with E-state index >= 15 is 0 Å². The second-order valence-corrected chi connectivity index (χ2v) is 7.52. The predicted molar refractivity (Wildman–Crippen MR) is 88.4 cm³/mol. The first kappa shape index (κ1) is 21.4. The number of unbranched alkanes of at least 4 members (excludes halogenated alkanes) is 8. The van der Waals surface area contributed by atoms with E-state index in [0.717, 1.165) is 25.7 Å². The first-order valence-corrected chi connectivity index (χ1v) is 10.1. The standard InChI is InChI=1S/C16H32O5S/c1-3-5-7-8-9-10-11-12-13-15(16(17)18)21-22(19,20)14-6-4-2/h15H,3-14H2,1-2H3,(H,17,18). The molecule has 1 unspecified atom stereocenters. The summed E-state index contributed by atoms with van der Waals surface area (Å²) in [5.41, 5.74) is 0. The van der Waals surface area contributed by atoms with Crippen molar-refractivity contribution in [2.45, 2.75) is 90.6 Å². The number of carboxylic acids is 1. The van der Waals surface area contributed by atoms with Gasteiger partial charge in [0.2, 0.25) is 0 Å². The van der Waals surface area contributed by atoms with E-state index in [4.69, 9.17) is 9.29 Å². The van der Waals surface area contributed by atoms with E-state index in [1.807, 2.05) is 6.92 Å². The van der Waals surface area contributed by atoms with E-state index in [2.05, 4.69) is 6.92 Å². The van der Waals surface area contributed by atoms with Gasteiger partial charge in [0, 0.05) is 0 Å². The second-order valence-electron chi connectivity index (χ2n) is 5.80. The SMILES string of the molecule is CCCCCCCCCCC(OS(=O)(=O)CCCC)C(=O)O. The molecule has 0 heterocycles. The number of rotatable bonds is 15. The number of hydrogen-bond acceptors (Lipinski definition) is 4. The molecule has 0 bridgehead atoms. The van der Waals surface area contributed by atoms with Crippen LogP contribution in [0.15, 0.2) is 0 Å². The number of carboxylic acid groups (broad SMARTS) is 1. The number of hydrogen-bond donors (Lipinski definition) is 1. The minimum absolute atomic E-state index is 0.106. The van der Waals surface area contributed by atoms with Gasteiger partial charge in [-0.05, 0) is 12.8 Å². The van der Waals surface area contributed by atoms with Crippen LogP contribution < -0.4 is 0 Å². The lowest BCUT2D eigenvalue weighted by molar-refractivity contribution is -0.145. The topological polar surface area (TPSA) is 80.7 Å². The Labute approximate surface area is 135 Å². The Kier molecular flexibility index (Phi) is 12.5. The van der Waals surface area contributed by atoms with Gasteiger partial charge in [0.15, 0.2) is 6.10 Å². The maximum Gasteiger partial charge on any atom is 0.334 e. The minimum atomic E-state index is -3.73. The highest BCUT2D eigenvalue weighted by Crippen LogP contribution is 2.14. The van der Waals surface area contributed by atoms with Gasteiger partial charge >= 0.3 is 5.97 Å². The molecule has 0 aromatic rings. The molecule has 0 aliphatic heterocycles. The summed E-state index contributed by atoms with van der Waals surface area (Å²) in [6.45, 7) is 4.06. The molecule has 0 aromatic carbocycles. The lowest BCUT2D eigenvalue weighted by atomic mass is 10.1. The second kappa shape index (κ2) is 12.9. The van der Waals surface area contributed by atoms with Crippen LogP contribution in [0.25, 0.3) is 0 Å². The van der Waals surface area contributed by atoms with Crippen LogP contribution >= 0.6 is 0 Å². The van der Waals surface area contributed by atoms with Gasteiger partial charge in [0.05, 0.1) is 5.75 Å². The molecule has 0 rings (SSSR count). The van der Waals surface area contributed by atoms with Crippen LogP contribution in [0.4, 0.5) is 0 Å². The Morgan fingerprint density at radius 2 is 1.41 bits per heavy atom. The Morgan fingerprint density at radius 1 is 0.909 bits per heavy atom. The summed E-state index contributed by atoms with van der Waals surface area (Å²) >= 11 is 0. The molecule has 0 spiro atoms. The van der Waals surface area contributed by atoms with Crippen molar-refractivity contribution < 1.29 is 22.5 Å². The molecule has 0 aliphatic carbocycles. The third kappa shape index (κ3) is 12.0. The Hall–Kier alpha value is -0.620. The lowest BCUT2D eigenvalue weighted by Gasteiger charge is -2.13. The zero-order chi connectivity index (χ0) is 16.8. The number of carbonyl (C=O) groups is 1. The molecule has 1 N–H and O–H groups in total. The molecule has 6 heteroatoms. The van der Waals surface area contributed by atoms with Gasteiger partial charge in [-0.3, -0.25) is 4.18 Å². The van der Waals surface area contributed by atoms with Gasteiger partial charge < -0.3 is 5.11 Å². The van der Waals surface area contributed by atoms with E-state index < -0.39 is 22.2 Å². The fourth-order valence-electron chi connectivity index (χ4n) is 2.22. The summed E-state index contributed by atoms with van der Waals surface area (Å²) < 4.78 is 28.1. The van der Waals surface area contributed by atoms with E-state index in [1.165, 1.54) is 25.7 Å². The lowest BCUT2D eigenvalue weighted by Crippen LogP contribution is -2.28. The third-order valence-corrected chi connectivity index (χ3v) is 4.92. The smallest absolute Gasteiger partial charge is 0.334 e. The zero-order valence-electron chi connectivity index (χ0n) is 14.1. The van der Waals surface area contributed by atoms with Gasteiger partial charge in [-0.15, -0.1) is 0 Å². The van der Waals surface area contributed by atoms with Crippen LogP contribution in [0.1, 0.15) is 84.5 Å². The molecular weight excluding hydrogens is 304 g/mol. The summed E-state index contributed by atoms with van der Waals surface area (Å²) in [6.07, 6.45) is 9.07. The van der Waals surface area contributed by atoms with E-state index in [1.54, 1.807) is 0 Å². The largest absolute Gasteiger partial charge is 0.479 e. The number of aliphatic carboxylic acids is 1. The molecule has 0 amide bonds. The van der Waals surface area contributed by atoms with Crippen molar-refractivity contribution in [1.82, 2.24) is 0 Å². The summed E-state index contributed by atoms with van der Waals surface area (Å²) in [7, 11) is -3.73. The monoisotopic (exact) mass is 336 g/mol. The van der Waals surface area contributed by atoms with Gasteiger partial charge in [-0.25, -0.2) is 4.79 Å². The summed E-state index contributed by atoms with van der Waals surface area (Å²) in [6, 6.07) is 0. The van der Waals surface area contributed by atoms with Crippen LogP contribution in [-0.2, 0) is 19.1 Å². The summed E-state index contributed by atoms with van der Waals surface area (Å²) in [5.74, 6) is -1.30. The Balaban J connectivity index is 3.94. The van der Waals surface area contributed by atoms with Crippen molar-refractivity contribution in [2.24, 2.45) is 0 Å². The van der Waals surface area contributed by atoms with Crippen molar-refractivity contribution in [3.05, 3.63) is 0 Å². The molecule has 5 nitrogen and oxygen atoms in total. The molecule has 0 aliphatic rings. The fraction of sp³-hybridized carbons (Fsp3) is 0.938. The van der Waals surface area contributed by atoms with Crippen LogP contribution in [0.5, 0.6) is 0 Å². The van der Waals surface area contributed by atoms with Crippen LogP contribution in [0.3, 0.4) is 0 Å².